The Bertz CT molecular complexity index is 571. The van der Waals surface area contributed by atoms with E-state index in [1.54, 1.807) is 6.20 Å². The minimum atomic E-state index is 0.131. The van der Waals surface area contributed by atoms with E-state index in [1.165, 1.54) is 5.56 Å². The highest BCUT2D eigenvalue weighted by Gasteiger charge is 2.08. The number of nitrogens with one attached hydrogen (secondary N) is 1. The summed E-state index contributed by atoms with van der Waals surface area (Å²) in [4.78, 5) is 4.33. The van der Waals surface area contributed by atoms with Gasteiger partial charge in [-0.15, -0.1) is 0 Å². The first kappa shape index (κ1) is 15.5. The second-order valence-corrected chi connectivity index (χ2v) is 6.30. The second kappa shape index (κ2) is 6.72. The molecule has 0 bridgehead atoms. The van der Waals surface area contributed by atoms with Gasteiger partial charge in [0, 0.05) is 18.3 Å². The van der Waals surface area contributed by atoms with Crippen LogP contribution in [-0.2, 0) is 13.2 Å². The zero-order valence-corrected chi connectivity index (χ0v) is 13.3. The van der Waals surface area contributed by atoms with Crippen LogP contribution < -0.4 is 10.1 Å². The first-order valence-electron chi connectivity index (χ1n) is 7.31. The number of aryl methyl sites for hydroxylation is 1. The summed E-state index contributed by atoms with van der Waals surface area (Å²) in [6.45, 7) is 9.92. The standard InChI is InChI=1S/C18H24N2O/c1-14-6-5-11-19-17(14)13-21-16-9-7-15(8-10-16)12-20-18(2,3)4/h5-11,20H,12-13H2,1-4H3. The van der Waals surface area contributed by atoms with Crippen molar-refractivity contribution in [2.45, 2.75) is 46.4 Å². The molecule has 0 aliphatic rings. The smallest absolute Gasteiger partial charge is 0.130 e. The molecule has 21 heavy (non-hydrogen) atoms. The van der Waals surface area contributed by atoms with Crippen molar-refractivity contribution in [3.63, 3.8) is 0 Å². The van der Waals surface area contributed by atoms with Crippen molar-refractivity contribution in [2.24, 2.45) is 0 Å². The normalized spacial score (nSPS) is 11.4. The van der Waals surface area contributed by atoms with Gasteiger partial charge < -0.3 is 10.1 Å². The van der Waals surface area contributed by atoms with Crippen molar-refractivity contribution in [2.75, 3.05) is 0 Å². The summed E-state index contributed by atoms with van der Waals surface area (Å²) < 4.78 is 5.79. The molecule has 0 radical (unpaired) electrons. The van der Waals surface area contributed by atoms with Gasteiger partial charge in [-0.25, -0.2) is 0 Å². The van der Waals surface area contributed by atoms with Gasteiger partial charge in [-0.3, -0.25) is 4.98 Å². The summed E-state index contributed by atoms with van der Waals surface area (Å²) in [7, 11) is 0. The van der Waals surface area contributed by atoms with Crippen LogP contribution in [0.2, 0.25) is 0 Å². The lowest BCUT2D eigenvalue weighted by molar-refractivity contribution is 0.300. The van der Waals surface area contributed by atoms with Crippen molar-refractivity contribution in [3.05, 3.63) is 59.4 Å². The molecular formula is C18H24N2O. The molecule has 0 unspecified atom stereocenters. The van der Waals surface area contributed by atoms with Crippen LogP contribution in [0.3, 0.4) is 0 Å². The zero-order chi connectivity index (χ0) is 15.3. The summed E-state index contributed by atoms with van der Waals surface area (Å²) in [6.07, 6.45) is 1.80. The molecule has 0 spiro atoms. The molecule has 3 heteroatoms. The monoisotopic (exact) mass is 284 g/mol. The lowest BCUT2D eigenvalue weighted by Gasteiger charge is -2.20. The fourth-order valence-corrected chi connectivity index (χ4v) is 1.89. The van der Waals surface area contributed by atoms with E-state index in [9.17, 15) is 0 Å². The zero-order valence-electron chi connectivity index (χ0n) is 13.3. The van der Waals surface area contributed by atoms with Crippen LogP contribution in [0.4, 0.5) is 0 Å². The molecule has 0 fully saturated rings. The van der Waals surface area contributed by atoms with Gasteiger partial charge in [0.25, 0.3) is 0 Å². The Morgan fingerprint density at radius 1 is 1.10 bits per heavy atom. The third-order valence-corrected chi connectivity index (χ3v) is 3.24. The number of nitrogens with zero attached hydrogens (tertiary/aromatic N) is 1. The quantitative estimate of drug-likeness (QED) is 0.905. The van der Waals surface area contributed by atoms with Gasteiger partial charge in [0.1, 0.15) is 12.4 Å². The Balaban J connectivity index is 1.89. The van der Waals surface area contributed by atoms with Crippen molar-refractivity contribution in [3.8, 4) is 5.75 Å². The highest BCUT2D eigenvalue weighted by molar-refractivity contribution is 5.28. The van der Waals surface area contributed by atoms with Crippen LogP contribution in [0.15, 0.2) is 42.6 Å². The van der Waals surface area contributed by atoms with Crippen LogP contribution in [0.5, 0.6) is 5.75 Å². The molecule has 1 aromatic heterocycles. The summed E-state index contributed by atoms with van der Waals surface area (Å²) >= 11 is 0. The van der Waals surface area contributed by atoms with Gasteiger partial charge in [0.05, 0.1) is 5.69 Å². The van der Waals surface area contributed by atoms with E-state index >= 15 is 0 Å². The molecule has 1 aromatic carbocycles. The highest BCUT2D eigenvalue weighted by Crippen LogP contribution is 2.15. The predicted octanol–water partition coefficient (Wildman–Crippen LogP) is 3.86. The van der Waals surface area contributed by atoms with Gasteiger partial charge >= 0.3 is 0 Å². The summed E-state index contributed by atoms with van der Waals surface area (Å²) in [5, 5.41) is 3.47. The van der Waals surface area contributed by atoms with Crippen molar-refractivity contribution >= 4 is 0 Å². The average molecular weight is 284 g/mol. The Morgan fingerprint density at radius 2 is 1.81 bits per heavy atom. The van der Waals surface area contributed by atoms with E-state index in [0.29, 0.717) is 6.61 Å². The summed E-state index contributed by atoms with van der Waals surface area (Å²) in [6, 6.07) is 12.2. The lowest BCUT2D eigenvalue weighted by atomic mass is 10.1. The maximum absolute atomic E-state index is 5.79. The van der Waals surface area contributed by atoms with Crippen LogP contribution in [-0.4, -0.2) is 10.5 Å². The number of ether oxygens (including phenoxy) is 1. The Hall–Kier alpha value is -1.87. The van der Waals surface area contributed by atoms with Gasteiger partial charge in [-0.05, 0) is 57.0 Å². The third-order valence-electron chi connectivity index (χ3n) is 3.24. The van der Waals surface area contributed by atoms with Gasteiger partial charge in [-0.2, -0.15) is 0 Å². The number of benzene rings is 1. The van der Waals surface area contributed by atoms with Crippen LogP contribution in [0.1, 0.15) is 37.6 Å². The van der Waals surface area contributed by atoms with E-state index in [0.717, 1.165) is 23.6 Å². The number of pyridine rings is 1. The number of aromatic nitrogens is 1. The molecule has 0 atom stereocenters. The molecule has 112 valence electrons. The first-order chi connectivity index (χ1) is 9.94. The first-order valence-corrected chi connectivity index (χ1v) is 7.31. The lowest BCUT2D eigenvalue weighted by Crippen LogP contribution is -2.34. The minimum Gasteiger partial charge on any atom is -0.487 e. The van der Waals surface area contributed by atoms with E-state index in [2.05, 4.69) is 43.2 Å². The van der Waals surface area contributed by atoms with Crippen molar-refractivity contribution in [1.29, 1.82) is 0 Å². The molecule has 0 aliphatic carbocycles. The predicted molar refractivity (Wildman–Crippen MR) is 86.3 cm³/mol. The Kier molecular flexibility index (Phi) is 4.97. The fourth-order valence-electron chi connectivity index (χ4n) is 1.89. The van der Waals surface area contributed by atoms with Crippen LogP contribution in [0, 0.1) is 6.92 Å². The number of hydrogen-bond acceptors (Lipinski definition) is 3. The van der Waals surface area contributed by atoms with Gasteiger partial charge in [-0.1, -0.05) is 18.2 Å². The molecule has 1 heterocycles. The average Bonchev–Trinajstić information content (AvgIpc) is 2.45. The molecule has 2 rings (SSSR count). The summed E-state index contributed by atoms with van der Waals surface area (Å²) in [5.74, 6) is 0.875. The molecule has 3 nitrogen and oxygen atoms in total. The largest absolute Gasteiger partial charge is 0.487 e. The van der Waals surface area contributed by atoms with Crippen LogP contribution in [0.25, 0.3) is 0 Å². The van der Waals surface area contributed by atoms with E-state index < -0.39 is 0 Å². The molecule has 0 aliphatic heterocycles. The highest BCUT2D eigenvalue weighted by atomic mass is 16.5. The Morgan fingerprint density at radius 3 is 2.43 bits per heavy atom. The molecule has 0 saturated carbocycles. The second-order valence-electron chi connectivity index (χ2n) is 6.30. The summed E-state index contributed by atoms with van der Waals surface area (Å²) in [5.41, 5.74) is 3.52. The molecule has 0 saturated heterocycles. The number of rotatable bonds is 5. The Labute approximate surface area is 127 Å². The van der Waals surface area contributed by atoms with E-state index in [1.807, 2.05) is 31.2 Å². The molecular weight excluding hydrogens is 260 g/mol. The van der Waals surface area contributed by atoms with Gasteiger partial charge in [0.15, 0.2) is 0 Å². The van der Waals surface area contributed by atoms with Crippen molar-refractivity contribution < 1.29 is 4.74 Å². The number of hydrogen-bond donors (Lipinski definition) is 1. The third kappa shape index (κ3) is 5.20. The molecule has 2 aromatic rings. The van der Waals surface area contributed by atoms with E-state index in [4.69, 9.17) is 4.74 Å². The molecule has 1 N–H and O–H groups in total. The molecule has 0 amide bonds. The maximum Gasteiger partial charge on any atom is 0.130 e. The van der Waals surface area contributed by atoms with Crippen molar-refractivity contribution in [1.82, 2.24) is 10.3 Å². The van der Waals surface area contributed by atoms with Gasteiger partial charge in [0.2, 0.25) is 0 Å². The maximum atomic E-state index is 5.79. The SMILES string of the molecule is Cc1cccnc1COc1ccc(CNC(C)(C)C)cc1. The van der Waals surface area contributed by atoms with E-state index in [-0.39, 0.29) is 5.54 Å². The minimum absolute atomic E-state index is 0.131. The topological polar surface area (TPSA) is 34.1 Å². The fraction of sp³-hybridized carbons (Fsp3) is 0.389. The van der Waals surface area contributed by atoms with Crippen LogP contribution >= 0.6 is 0 Å².